The minimum atomic E-state index is -0.635. The number of carbonyl (C=O) groups excluding carboxylic acids is 2. The van der Waals surface area contributed by atoms with Crippen molar-refractivity contribution in [2.45, 2.75) is 79.4 Å². The Labute approximate surface area is 168 Å². The number of likely N-dealkylation sites (tertiary alicyclic amines) is 1. The Kier molecular flexibility index (Phi) is 6.78. The van der Waals surface area contributed by atoms with Crippen LogP contribution in [0.5, 0.6) is 0 Å². The van der Waals surface area contributed by atoms with E-state index in [4.69, 9.17) is 9.47 Å². The molecule has 0 spiro atoms. The molecule has 158 valence electrons. The van der Waals surface area contributed by atoms with Gasteiger partial charge in [-0.3, -0.25) is 9.48 Å². The highest BCUT2D eigenvalue weighted by molar-refractivity contribution is 5.78. The highest BCUT2D eigenvalue weighted by Gasteiger charge is 2.44. The molecule has 7 nitrogen and oxygen atoms in total. The van der Waals surface area contributed by atoms with Crippen molar-refractivity contribution in [1.82, 2.24) is 14.7 Å². The summed E-state index contributed by atoms with van der Waals surface area (Å²) in [5.41, 5.74) is 0.832. The molecule has 0 bridgehead atoms. The van der Waals surface area contributed by atoms with Crippen molar-refractivity contribution in [1.29, 1.82) is 0 Å². The number of amides is 1. The predicted octanol–water partition coefficient (Wildman–Crippen LogP) is 3.90. The molecule has 1 aromatic heterocycles. The van der Waals surface area contributed by atoms with Crippen LogP contribution in [0.15, 0.2) is 6.20 Å². The first kappa shape index (κ1) is 22.2. The first-order valence-corrected chi connectivity index (χ1v) is 10.2. The van der Waals surface area contributed by atoms with E-state index in [1.54, 1.807) is 4.90 Å². The number of rotatable bonds is 5. The first-order valence-electron chi connectivity index (χ1n) is 10.2. The quantitative estimate of drug-likeness (QED) is 0.710. The molecule has 1 saturated heterocycles. The van der Waals surface area contributed by atoms with Crippen molar-refractivity contribution < 1.29 is 19.1 Å². The Morgan fingerprint density at radius 1 is 1.25 bits per heavy atom. The molecule has 28 heavy (non-hydrogen) atoms. The number of aryl methyl sites for hydroxylation is 1. The van der Waals surface area contributed by atoms with Crippen LogP contribution in [0.2, 0.25) is 0 Å². The van der Waals surface area contributed by atoms with Gasteiger partial charge in [0.25, 0.3) is 0 Å². The lowest BCUT2D eigenvalue weighted by molar-refractivity contribution is -0.158. The second kappa shape index (κ2) is 8.53. The number of nitrogens with zero attached hydrogens (tertiary/aromatic N) is 3. The minimum absolute atomic E-state index is 0.185. The Morgan fingerprint density at radius 2 is 1.86 bits per heavy atom. The van der Waals surface area contributed by atoms with Gasteiger partial charge < -0.3 is 14.4 Å². The van der Waals surface area contributed by atoms with E-state index in [0.717, 1.165) is 11.3 Å². The van der Waals surface area contributed by atoms with Crippen molar-refractivity contribution in [2.75, 3.05) is 19.7 Å². The third-order valence-electron chi connectivity index (χ3n) is 5.16. The molecule has 1 aliphatic heterocycles. The number of hydrogen-bond acceptors (Lipinski definition) is 5. The third kappa shape index (κ3) is 5.26. The summed E-state index contributed by atoms with van der Waals surface area (Å²) in [6.45, 7) is 14.8. The summed E-state index contributed by atoms with van der Waals surface area (Å²) in [7, 11) is 0. The zero-order chi connectivity index (χ0) is 21.1. The second-order valence-electron chi connectivity index (χ2n) is 8.96. The lowest BCUT2D eigenvalue weighted by atomic mass is 9.74. The maximum Gasteiger partial charge on any atom is 0.410 e. The Morgan fingerprint density at radius 3 is 2.32 bits per heavy atom. The van der Waals surface area contributed by atoms with Gasteiger partial charge in [-0.25, -0.2) is 4.79 Å². The zero-order valence-electron chi connectivity index (χ0n) is 18.4. The van der Waals surface area contributed by atoms with E-state index in [1.165, 1.54) is 0 Å². The number of hydrogen-bond donors (Lipinski definition) is 0. The van der Waals surface area contributed by atoms with Gasteiger partial charge in [-0.05, 0) is 73.3 Å². The molecule has 0 aromatic carbocycles. The molecule has 0 radical (unpaired) electrons. The summed E-state index contributed by atoms with van der Waals surface area (Å²) in [4.78, 5) is 27.0. The number of aromatic nitrogens is 2. The van der Waals surface area contributed by atoms with Crippen LogP contribution in [0.1, 0.15) is 71.7 Å². The standard InChI is InChI=1S/C21H35N3O4/c1-8-27-18(25)21(13-17-14-24(15(2)3)22-16(17)4)9-11-23(12-10-21)19(26)28-20(5,6)7/h14-15H,8-13H2,1-7H3. The van der Waals surface area contributed by atoms with Gasteiger partial charge in [-0.2, -0.15) is 5.10 Å². The highest BCUT2D eigenvalue weighted by atomic mass is 16.6. The topological polar surface area (TPSA) is 73.7 Å². The summed E-state index contributed by atoms with van der Waals surface area (Å²) >= 11 is 0. The molecule has 1 aromatic rings. The summed E-state index contributed by atoms with van der Waals surface area (Å²) in [6.07, 6.45) is 3.39. The molecule has 0 aliphatic carbocycles. The molecule has 2 heterocycles. The van der Waals surface area contributed by atoms with E-state index in [2.05, 4.69) is 18.9 Å². The van der Waals surface area contributed by atoms with Gasteiger partial charge in [0.05, 0.1) is 17.7 Å². The van der Waals surface area contributed by atoms with Gasteiger partial charge >= 0.3 is 12.1 Å². The number of carbonyl (C=O) groups is 2. The fraction of sp³-hybridized carbons (Fsp3) is 0.762. The summed E-state index contributed by atoms with van der Waals surface area (Å²) in [5, 5.41) is 4.58. The molecule has 2 rings (SSSR count). The van der Waals surface area contributed by atoms with Crippen LogP contribution >= 0.6 is 0 Å². The zero-order valence-corrected chi connectivity index (χ0v) is 18.4. The second-order valence-corrected chi connectivity index (χ2v) is 8.96. The number of esters is 1. The Bertz CT molecular complexity index is 695. The van der Waals surface area contributed by atoms with Crippen molar-refractivity contribution in [3.63, 3.8) is 0 Å². The van der Waals surface area contributed by atoms with Gasteiger partial charge in [0.2, 0.25) is 0 Å². The normalized spacial score (nSPS) is 16.9. The molecule has 1 aliphatic rings. The average Bonchev–Trinajstić information content (AvgIpc) is 2.95. The fourth-order valence-corrected chi connectivity index (χ4v) is 3.50. The molecule has 0 saturated carbocycles. The number of ether oxygens (including phenoxy) is 2. The minimum Gasteiger partial charge on any atom is -0.466 e. The Hall–Kier alpha value is -2.05. The van der Waals surface area contributed by atoms with Crippen LogP contribution in [-0.2, 0) is 20.7 Å². The van der Waals surface area contributed by atoms with E-state index in [1.807, 2.05) is 45.5 Å². The van der Waals surface area contributed by atoms with Gasteiger partial charge in [0.15, 0.2) is 0 Å². The van der Waals surface area contributed by atoms with E-state index in [9.17, 15) is 9.59 Å². The van der Waals surface area contributed by atoms with Gasteiger partial charge in [-0.1, -0.05) is 0 Å². The SMILES string of the molecule is CCOC(=O)C1(Cc2cn(C(C)C)nc2C)CCN(C(=O)OC(C)(C)C)CC1. The van der Waals surface area contributed by atoms with Crippen LogP contribution in [-0.4, -0.2) is 52.0 Å². The van der Waals surface area contributed by atoms with Crippen LogP contribution in [0.3, 0.4) is 0 Å². The summed E-state index contributed by atoms with van der Waals surface area (Å²) < 4.78 is 12.8. The fourth-order valence-electron chi connectivity index (χ4n) is 3.50. The van der Waals surface area contributed by atoms with Gasteiger partial charge in [-0.15, -0.1) is 0 Å². The molecule has 1 amide bonds. The molecule has 0 unspecified atom stereocenters. The van der Waals surface area contributed by atoms with Crippen molar-refractivity contribution in [2.24, 2.45) is 5.41 Å². The molecule has 0 N–H and O–H groups in total. The van der Waals surface area contributed by atoms with Crippen LogP contribution in [0.25, 0.3) is 0 Å². The summed E-state index contributed by atoms with van der Waals surface area (Å²) in [5.74, 6) is -0.185. The molecule has 7 heteroatoms. The van der Waals surface area contributed by atoms with Crippen molar-refractivity contribution in [3.05, 3.63) is 17.5 Å². The highest BCUT2D eigenvalue weighted by Crippen LogP contribution is 2.38. The van der Waals surface area contributed by atoms with E-state index >= 15 is 0 Å². The van der Waals surface area contributed by atoms with Crippen molar-refractivity contribution >= 4 is 12.1 Å². The first-order chi connectivity index (χ1) is 13.0. The summed E-state index contributed by atoms with van der Waals surface area (Å²) in [6, 6.07) is 0.264. The van der Waals surface area contributed by atoms with Gasteiger partial charge in [0, 0.05) is 25.3 Å². The largest absolute Gasteiger partial charge is 0.466 e. The van der Waals surface area contributed by atoms with Crippen LogP contribution < -0.4 is 0 Å². The van der Waals surface area contributed by atoms with Crippen LogP contribution in [0.4, 0.5) is 4.79 Å². The van der Waals surface area contributed by atoms with E-state index in [0.29, 0.717) is 39.0 Å². The number of piperidine rings is 1. The van der Waals surface area contributed by atoms with E-state index in [-0.39, 0.29) is 18.1 Å². The molecule has 0 atom stereocenters. The van der Waals surface area contributed by atoms with Crippen LogP contribution in [0, 0.1) is 12.3 Å². The monoisotopic (exact) mass is 393 g/mol. The lowest BCUT2D eigenvalue weighted by Crippen LogP contribution is -2.49. The smallest absolute Gasteiger partial charge is 0.410 e. The Balaban J connectivity index is 2.18. The average molecular weight is 394 g/mol. The van der Waals surface area contributed by atoms with E-state index < -0.39 is 11.0 Å². The maximum absolute atomic E-state index is 12.9. The predicted molar refractivity (Wildman–Crippen MR) is 107 cm³/mol. The molecular weight excluding hydrogens is 358 g/mol. The third-order valence-corrected chi connectivity index (χ3v) is 5.16. The molecular formula is C21H35N3O4. The molecule has 1 fully saturated rings. The maximum atomic E-state index is 12.9. The lowest BCUT2D eigenvalue weighted by Gasteiger charge is -2.40. The van der Waals surface area contributed by atoms with Gasteiger partial charge in [0.1, 0.15) is 5.60 Å². The van der Waals surface area contributed by atoms with Crippen molar-refractivity contribution in [3.8, 4) is 0 Å².